The molecule has 0 saturated heterocycles. The van der Waals surface area contributed by atoms with E-state index >= 15 is 0 Å². The third kappa shape index (κ3) is 46.8. The maximum absolute atomic E-state index is 12.7. The zero-order valence-electron chi connectivity index (χ0n) is 39.5. The van der Waals surface area contributed by atoms with Crippen LogP contribution in [0.15, 0.2) is 24.3 Å². The number of hydrogen-bond acceptors (Lipinski definition) is 6. The first-order chi connectivity index (χ1) is 29.0. The van der Waals surface area contributed by atoms with Crippen molar-refractivity contribution in [1.29, 1.82) is 0 Å². The van der Waals surface area contributed by atoms with Crippen molar-refractivity contribution in [1.82, 2.24) is 0 Å². The van der Waals surface area contributed by atoms with E-state index in [1.54, 1.807) is 0 Å². The monoisotopic (exact) mass is 831 g/mol. The summed E-state index contributed by atoms with van der Waals surface area (Å²) < 4.78 is 16.7. The molecule has 346 valence electrons. The first-order valence-electron chi connectivity index (χ1n) is 25.8. The van der Waals surface area contributed by atoms with Gasteiger partial charge in [-0.15, -0.1) is 0 Å². The zero-order chi connectivity index (χ0) is 43.0. The van der Waals surface area contributed by atoms with Crippen molar-refractivity contribution in [2.75, 3.05) is 13.2 Å². The number of carbonyl (C=O) groups is 3. The van der Waals surface area contributed by atoms with E-state index in [0.717, 1.165) is 77.0 Å². The Morgan fingerprint density at radius 3 is 0.966 bits per heavy atom. The van der Waals surface area contributed by atoms with Gasteiger partial charge in [-0.1, -0.05) is 231 Å². The molecular weight excluding hydrogens is 733 g/mol. The van der Waals surface area contributed by atoms with Crippen LogP contribution in [0.2, 0.25) is 0 Å². The molecule has 0 aromatic heterocycles. The average molecular weight is 831 g/mol. The highest BCUT2D eigenvalue weighted by Crippen LogP contribution is 2.16. The molecule has 0 aliphatic carbocycles. The van der Waals surface area contributed by atoms with Crippen molar-refractivity contribution in [3.8, 4) is 0 Å². The molecule has 0 spiro atoms. The lowest BCUT2D eigenvalue weighted by Crippen LogP contribution is -2.30. The van der Waals surface area contributed by atoms with Crippen LogP contribution in [0.1, 0.15) is 278 Å². The quantitative estimate of drug-likeness (QED) is 0.0263. The molecule has 0 saturated carbocycles. The van der Waals surface area contributed by atoms with E-state index in [1.165, 1.54) is 161 Å². The SMILES string of the molecule is CCCCC/C=C\C/C=C\CCCCCCCCCC(=O)OC(COC(=O)CCCCCCC)COC(=O)CCCCCCCCCCCCCCCCCCCCC. The number of unbranched alkanes of at least 4 members (excludes halogenated alkanes) is 32. The highest BCUT2D eigenvalue weighted by Gasteiger charge is 2.19. The second-order valence-electron chi connectivity index (χ2n) is 17.4. The second-order valence-corrected chi connectivity index (χ2v) is 17.4. The Hall–Kier alpha value is -2.11. The summed E-state index contributed by atoms with van der Waals surface area (Å²) in [5.74, 6) is -0.881. The molecule has 0 aromatic rings. The van der Waals surface area contributed by atoms with Crippen LogP contribution in [0.5, 0.6) is 0 Å². The number of allylic oxidation sites excluding steroid dienone is 4. The third-order valence-electron chi connectivity index (χ3n) is 11.5. The fourth-order valence-corrected chi connectivity index (χ4v) is 7.53. The lowest BCUT2D eigenvalue weighted by molar-refractivity contribution is -0.167. The van der Waals surface area contributed by atoms with Crippen LogP contribution in [-0.2, 0) is 28.6 Å². The highest BCUT2D eigenvalue weighted by atomic mass is 16.6. The first kappa shape index (κ1) is 56.9. The third-order valence-corrected chi connectivity index (χ3v) is 11.5. The second kappa shape index (κ2) is 48.6. The number of rotatable bonds is 47. The molecule has 0 amide bonds. The van der Waals surface area contributed by atoms with Gasteiger partial charge in [0.2, 0.25) is 0 Å². The molecule has 0 radical (unpaired) electrons. The van der Waals surface area contributed by atoms with Gasteiger partial charge >= 0.3 is 17.9 Å². The molecule has 0 aromatic carbocycles. The molecule has 0 heterocycles. The van der Waals surface area contributed by atoms with Crippen molar-refractivity contribution < 1.29 is 28.6 Å². The van der Waals surface area contributed by atoms with Crippen molar-refractivity contribution in [2.24, 2.45) is 0 Å². The molecule has 0 aliphatic rings. The standard InChI is InChI=1S/C53H98O6/c1-4-7-10-13-15-17-19-21-23-25-26-28-29-31-33-35-37-40-43-46-52(55)58-49-50(48-57-51(54)45-42-39-12-9-6-3)59-53(56)47-44-41-38-36-34-32-30-27-24-22-20-18-16-14-11-8-5-2/h16,18,22,24,50H,4-15,17,19-21,23,25-49H2,1-3H3/b18-16-,24-22-. The van der Waals surface area contributed by atoms with Gasteiger partial charge in [0.25, 0.3) is 0 Å². The minimum absolute atomic E-state index is 0.0710. The van der Waals surface area contributed by atoms with E-state index in [2.05, 4.69) is 45.1 Å². The molecular formula is C53H98O6. The van der Waals surface area contributed by atoms with Crippen molar-refractivity contribution >= 4 is 17.9 Å². The average Bonchev–Trinajstić information content (AvgIpc) is 3.23. The maximum Gasteiger partial charge on any atom is 0.306 e. The summed E-state index contributed by atoms with van der Waals surface area (Å²) in [6.07, 6.45) is 54.8. The lowest BCUT2D eigenvalue weighted by Gasteiger charge is -2.18. The van der Waals surface area contributed by atoms with Gasteiger partial charge in [0.15, 0.2) is 6.10 Å². The van der Waals surface area contributed by atoms with Crippen LogP contribution in [-0.4, -0.2) is 37.2 Å². The van der Waals surface area contributed by atoms with Crippen LogP contribution < -0.4 is 0 Å². The van der Waals surface area contributed by atoms with Gasteiger partial charge in [0.05, 0.1) is 0 Å². The maximum atomic E-state index is 12.7. The summed E-state index contributed by atoms with van der Waals surface area (Å²) in [6.45, 7) is 6.55. The van der Waals surface area contributed by atoms with E-state index in [-0.39, 0.29) is 31.1 Å². The molecule has 6 heteroatoms. The van der Waals surface area contributed by atoms with E-state index < -0.39 is 6.10 Å². The number of esters is 3. The number of hydrogen-bond donors (Lipinski definition) is 0. The Kier molecular flexibility index (Phi) is 46.8. The Balaban J connectivity index is 4.13. The Morgan fingerprint density at radius 2 is 0.610 bits per heavy atom. The Bertz CT molecular complexity index is 958. The van der Waals surface area contributed by atoms with Crippen molar-refractivity contribution in [3.63, 3.8) is 0 Å². The molecule has 0 fully saturated rings. The molecule has 0 bridgehead atoms. The summed E-state index contributed by atoms with van der Waals surface area (Å²) in [5.41, 5.74) is 0. The molecule has 0 aliphatic heterocycles. The lowest BCUT2D eigenvalue weighted by atomic mass is 10.0. The molecule has 59 heavy (non-hydrogen) atoms. The summed E-state index contributed by atoms with van der Waals surface area (Å²) in [7, 11) is 0. The smallest absolute Gasteiger partial charge is 0.306 e. The van der Waals surface area contributed by atoms with Crippen molar-refractivity contribution in [3.05, 3.63) is 24.3 Å². The molecule has 0 rings (SSSR count). The van der Waals surface area contributed by atoms with Gasteiger partial charge in [-0.25, -0.2) is 0 Å². The van der Waals surface area contributed by atoms with E-state index in [4.69, 9.17) is 14.2 Å². The van der Waals surface area contributed by atoms with Gasteiger partial charge < -0.3 is 14.2 Å². The fraction of sp³-hybridized carbons (Fsp3) is 0.868. The van der Waals surface area contributed by atoms with Gasteiger partial charge in [-0.2, -0.15) is 0 Å². The largest absolute Gasteiger partial charge is 0.462 e. The predicted octanol–water partition coefficient (Wildman–Crippen LogP) is 16.8. The van der Waals surface area contributed by atoms with Crippen LogP contribution >= 0.6 is 0 Å². The van der Waals surface area contributed by atoms with Crippen LogP contribution in [0.3, 0.4) is 0 Å². The topological polar surface area (TPSA) is 78.9 Å². The van der Waals surface area contributed by atoms with Crippen LogP contribution in [0.4, 0.5) is 0 Å². The summed E-state index contributed by atoms with van der Waals surface area (Å²) in [6, 6.07) is 0. The Morgan fingerprint density at radius 1 is 0.339 bits per heavy atom. The molecule has 0 N–H and O–H groups in total. The fourth-order valence-electron chi connectivity index (χ4n) is 7.53. The van der Waals surface area contributed by atoms with E-state index in [1.807, 2.05) is 0 Å². The van der Waals surface area contributed by atoms with Gasteiger partial charge in [-0.05, 0) is 51.4 Å². The summed E-state index contributed by atoms with van der Waals surface area (Å²) in [5, 5.41) is 0. The summed E-state index contributed by atoms with van der Waals surface area (Å²) in [4.78, 5) is 37.6. The van der Waals surface area contributed by atoms with E-state index in [9.17, 15) is 14.4 Å². The molecule has 6 nitrogen and oxygen atoms in total. The zero-order valence-corrected chi connectivity index (χ0v) is 39.5. The van der Waals surface area contributed by atoms with Crippen molar-refractivity contribution in [2.45, 2.75) is 284 Å². The van der Waals surface area contributed by atoms with Crippen LogP contribution in [0, 0.1) is 0 Å². The predicted molar refractivity (Wildman–Crippen MR) is 252 cm³/mol. The first-order valence-corrected chi connectivity index (χ1v) is 25.8. The minimum Gasteiger partial charge on any atom is -0.462 e. The molecule has 1 atom stereocenters. The Labute approximate surface area is 366 Å². The minimum atomic E-state index is -0.767. The summed E-state index contributed by atoms with van der Waals surface area (Å²) >= 11 is 0. The highest BCUT2D eigenvalue weighted by molar-refractivity contribution is 5.71. The molecule has 1 unspecified atom stereocenters. The van der Waals surface area contributed by atoms with Gasteiger partial charge in [0.1, 0.15) is 13.2 Å². The van der Waals surface area contributed by atoms with Gasteiger partial charge in [0, 0.05) is 19.3 Å². The normalized spacial score (nSPS) is 12.1. The van der Waals surface area contributed by atoms with Gasteiger partial charge in [-0.3, -0.25) is 14.4 Å². The van der Waals surface area contributed by atoms with Crippen LogP contribution in [0.25, 0.3) is 0 Å². The number of ether oxygens (including phenoxy) is 3. The van der Waals surface area contributed by atoms with E-state index in [0.29, 0.717) is 19.3 Å². The number of carbonyl (C=O) groups excluding carboxylic acids is 3.